The van der Waals surface area contributed by atoms with Crippen molar-refractivity contribution in [2.45, 2.75) is 36.5 Å². The number of allylic oxidation sites excluding steroid dienone is 8. The van der Waals surface area contributed by atoms with Crippen molar-refractivity contribution in [3.8, 4) is 36.4 Å². The molecule has 546 valence electrons. The van der Waals surface area contributed by atoms with Crippen molar-refractivity contribution in [1.29, 1.82) is 31.6 Å². The Balaban J connectivity index is 0.000000316. The first-order valence-corrected chi connectivity index (χ1v) is 25.4. The molecule has 106 heavy (non-hydrogen) atoms. The van der Waals surface area contributed by atoms with E-state index in [4.69, 9.17) is 39.0 Å². The maximum atomic E-state index is 15.1. The van der Waals surface area contributed by atoms with Gasteiger partial charge in [0.2, 0.25) is 11.4 Å². The van der Waals surface area contributed by atoms with Gasteiger partial charge in [0.05, 0.1) is 69.8 Å². The Hall–Kier alpha value is -13.4. The molecular formula is C58H3F34N11O3. The van der Waals surface area contributed by atoms with E-state index in [0.717, 1.165) is 36.4 Å². The third-order valence-electron chi connectivity index (χ3n) is 13.8. The third kappa shape index (κ3) is 13.7. The fourth-order valence-electron chi connectivity index (χ4n) is 9.59. The van der Waals surface area contributed by atoms with Crippen LogP contribution in [0, 0.1) is 219 Å². The highest BCUT2D eigenvalue weighted by Crippen LogP contribution is 2.61. The largest absolute Gasteiger partial charge is 0.422 e. The van der Waals surface area contributed by atoms with Gasteiger partial charge in [-0.3, -0.25) is 0 Å². The van der Waals surface area contributed by atoms with Gasteiger partial charge in [0.25, 0.3) is 17.0 Å². The highest BCUT2D eigenvalue weighted by atomic mass is 19.4. The summed E-state index contributed by atoms with van der Waals surface area (Å²) in [5.41, 5.74) is -47.9. The van der Waals surface area contributed by atoms with Gasteiger partial charge in [-0.1, -0.05) is 0 Å². The molecule has 1 fully saturated rings. The van der Waals surface area contributed by atoms with E-state index >= 15 is 43.9 Å². The minimum atomic E-state index is -6.18. The van der Waals surface area contributed by atoms with Crippen LogP contribution in [-0.4, -0.2) is 20.3 Å². The molecule has 2 aromatic heterocycles. The van der Waals surface area contributed by atoms with Crippen LogP contribution in [-0.2, 0) is 24.7 Å². The summed E-state index contributed by atoms with van der Waals surface area (Å²) < 4.78 is 483. The lowest BCUT2D eigenvalue weighted by molar-refractivity contribution is -0.742. The summed E-state index contributed by atoms with van der Waals surface area (Å²) in [6, 6.07) is 5.17. The number of aromatic nitrogens is 2. The molecule has 48 heteroatoms. The predicted octanol–water partition coefficient (Wildman–Crippen LogP) is 17.8. The van der Waals surface area contributed by atoms with Gasteiger partial charge in [-0.05, 0) is 33.4 Å². The van der Waals surface area contributed by atoms with E-state index in [-0.39, 0.29) is 0 Å². The molecule has 2 aliphatic rings. The number of benzene rings is 4. The minimum Gasteiger partial charge on any atom is -0.328 e. The average molecular weight is 1550 g/mol. The molecule has 4 aromatic carbocycles. The maximum absolute atomic E-state index is 15.1. The average Bonchev–Trinajstić information content (AvgIpc) is 1.55. The van der Waals surface area contributed by atoms with Gasteiger partial charge in [0.1, 0.15) is 58.4 Å². The van der Waals surface area contributed by atoms with Gasteiger partial charge in [-0.2, -0.15) is 93.0 Å². The topological polar surface area (TPSA) is 241 Å². The summed E-state index contributed by atoms with van der Waals surface area (Å²) in [5, 5.41) is 70.7. The molecule has 2 unspecified atom stereocenters. The number of hydrogen-bond acceptors (Lipinski definition) is 10. The normalized spacial score (nSPS) is 15.1. The fraction of sp³-hybridized carbons (Fsp3) is 0.103. The molecule has 2 heterocycles. The highest BCUT2D eigenvalue weighted by Gasteiger charge is 2.54. The number of pyridine rings is 2. The van der Waals surface area contributed by atoms with Crippen LogP contribution in [0.1, 0.15) is 78.9 Å². The van der Waals surface area contributed by atoms with E-state index in [2.05, 4.69) is 19.7 Å². The molecule has 2 aliphatic carbocycles. The van der Waals surface area contributed by atoms with Crippen LogP contribution in [0.3, 0.4) is 0 Å². The van der Waals surface area contributed by atoms with Crippen LogP contribution in [0.5, 0.6) is 0 Å². The molecule has 1 N–H and O–H groups in total. The molecule has 0 amide bonds. The van der Waals surface area contributed by atoms with Crippen molar-refractivity contribution in [1.82, 2.24) is 9.97 Å². The highest BCUT2D eigenvalue weighted by molar-refractivity contribution is 6.11. The number of halogens is 34. The quantitative estimate of drug-likeness (QED) is 0.0286. The first kappa shape index (κ1) is 81.6. The van der Waals surface area contributed by atoms with Crippen LogP contribution in [0.25, 0.3) is 32.2 Å². The number of rotatable bonds is 8. The number of hydrogen-bond donors (Lipinski definition) is 1. The Bertz CT molecular complexity index is 5260. The molecule has 14 nitrogen and oxygen atoms in total. The van der Waals surface area contributed by atoms with Crippen molar-refractivity contribution in [2.24, 2.45) is 0 Å². The minimum absolute atomic E-state index is 0.733. The second kappa shape index (κ2) is 28.8. The lowest BCUT2D eigenvalue weighted by atomic mass is 9.92. The number of nitriles is 6. The molecule has 0 bridgehead atoms. The Kier molecular flexibility index (Phi) is 22.2. The Morgan fingerprint density at radius 1 is 0.368 bits per heavy atom. The lowest BCUT2D eigenvalue weighted by Gasteiger charge is -2.16. The second-order valence-corrected chi connectivity index (χ2v) is 19.4. The van der Waals surface area contributed by atoms with Crippen molar-refractivity contribution < 1.29 is 160 Å². The summed E-state index contributed by atoms with van der Waals surface area (Å²) in [6.45, 7) is 14.6. The predicted molar refractivity (Wildman–Crippen MR) is 267 cm³/mol. The maximum Gasteiger partial charge on any atom is 0.422 e. The fourth-order valence-corrected chi connectivity index (χ4v) is 9.59. The Morgan fingerprint density at radius 3 is 0.877 bits per heavy atom. The lowest BCUT2D eigenvalue weighted by Crippen LogP contribution is -2.18. The Morgan fingerprint density at radius 2 is 0.613 bits per heavy atom. The molecule has 0 saturated heterocycles. The van der Waals surface area contributed by atoms with E-state index in [1.165, 1.54) is 0 Å². The molecule has 0 spiro atoms. The smallest absolute Gasteiger partial charge is 0.328 e. The van der Waals surface area contributed by atoms with Crippen molar-refractivity contribution in [3.63, 3.8) is 0 Å². The summed E-state index contributed by atoms with van der Waals surface area (Å²) in [6.07, 6.45) is -24.7. The summed E-state index contributed by atoms with van der Waals surface area (Å²) >= 11 is 0. The molecule has 2 atom stereocenters. The van der Waals surface area contributed by atoms with Gasteiger partial charge in [0, 0.05) is 0 Å². The molecule has 1 saturated carbocycles. The van der Waals surface area contributed by atoms with Gasteiger partial charge in [-0.25, -0.2) is 107 Å². The number of nitrogens with zero attached hydrogens (tertiary/aromatic N) is 11. The van der Waals surface area contributed by atoms with Crippen LogP contribution in [0.15, 0.2) is 33.4 Å². The zero-order valence-corrected chi connectivity index (χ0v) is 48.2. The second-order valence-electron chi connectivity index (χ2n) is 19.4. The first-order chi connectivity index (χ1) is 48.8. The summed E-state index contributed by atoms with van der Waals surface area (Å²) in [4.78, 5) is 18.3. The molecule has 6 aromatic rings. The van der Waals surface area contributed by atoms with Gasteiger partial charge in [0.15, 0.2) is 128 Å². The first-order valence-electron chi connectivity index (χ1n) is 25.4. The van der Waals surface area contributed by atoms with E-state index < -0.39 is 293 Å². The van der Waals surface area contributed by atoms with Gasteiger partial charge in [-0.15, -0.1) is 10.1 Å². The molecule has 0 radical (unpaired) electrons. The van der Waals surface area contributed by atoms with E-state index in [1.54, 1.807) is 0 Å². The van der Waals surface area contributed by atoms with E-state index in [9.17, 15) is 126 Å². The van der Waals surface area contributed by atoms with Crippen LogP contribution < -0.4 is 0 Å². The zero-order valence-electron chi connectivity index (χ0n) is 48.2. The molecular weight excluding hydrogens is 1540 g/mol. The van der Waals surface area contributed by atoms with Crippen LogP contribution >= 0.6 is 0 Å². The Labute approximate surface area is 557 Å². The van der Waals surface area contributed by atoms with E-state index in [1.807, 2.05) is 0 Å². The van der Waals surface area contributed by atoms with Crippen LogP contribution in [0.2, 0.25) is 0 Å². The van der Waals surface area contributed by atoms with Crippen molar-refractivity contribution in [2.75, 3.05) is 0 Å². The zero-order chi connectivity index (χ0) is 81.2. The standard InChI is InChI=1S/C29H2F17N5.C29F17N5.HNO3/c2*1-50-26(13-19(33)24(38)15(29(44,45)46)25(39)20(13)34)12-8(5(2-47)10-16(30)7(4-49)51-27(40)21(10)35)9(12)6(3-48)11-17(31)22(36)14(28(41,42)43)23(37)18(11)32;2-1(3)4/h5-6H;;(H,2,3,4)/b26-12+;;. The molecule has 0 aliphatic heterocycles. The van der Waals surface area contributed by atoms with Crippen molar-refractivity contribution in [3.05, 3.63) is 262 Å². The van der Waals surface area contributed by atoms with Gasteiger partial charge < -0.3 is 5.21 Å². The van der Waals surface area contributed by atoms with Crippen molar-refractivity contribution >= 4 is 22.5 Å². The number of alkyl halides is 12. The summed E-state index contributed by atoms with van der Waals surface area (Å²) in [7, 11) is 0. The summed E-state index contributed by atoms with van der Waals surface area (Å²) in [5.74, 6) is -71.1. The SMILES string of the molecule is O=[N+]([O-])O.[C-]#[N+]/C(=C1C(C(C#N)c2c(F)c(F)nc(C#N)c2F)=C\1C(C#N)c1c(F)c(F)c(C(F)(F)F)c(F)c1F)c1c(F)c(F)c(C(F)(F)F)c(F)c1F.[C-]#[N+]C(=C1C(=C(C#N)c2c(F)c(F)nc(C#N)c2F)C1=C(C#N)c1c(F)c(F)c(C(F)(F)F)c(F)c1F)c1c(F)c(F)c(C(F)(F)F)c(F)c1F. The third-order valence-corrected chi connectivity index (χ3v) is 13.8. The van der Waals surface area contributed by atoms with E-state index in [0.29, 0.717) is 0 Å². The van der Waals surface area contributed by atoms with Crippen LogP contribution in [0.4, 0.5) is 149 Å². The monoisotopic (exact) mass is 1550 g/mol. The van der Waals surface area contributed by atoms with Gasteiger partial charge >= 0.3 is 24.7 Å². The molecule has 8 rings (SSSR count).